The van der Waals surface area contributed by atoms with Crippen LogP contribution in [0.2, 0.25) is 0 Å². The summed E-state index contributed by atoms with van der Waals surface area (Å²) < 4.78 is 10.8. The van der Waals surface area contributed by atoms with E-state index in [4.69, 9.17) is 21.7 Å². The number of hydrogen-bond acceptors (Lipinski definition) is 5. The zero-order valence-electron chi connectivity index (χ0n) is 14.9. The van der Waals surface area contributed by atoms with Gasteiger partial charge in [0.05, 0.1) is 12.1 Å². The number of methoxy groups -OCH3 is 1. The van der Waals surface area contributed by atoms with Crippen LogP contribution < -0.4 is 0 Å². The molecule has 25 heavy (non-hydrogen) atoms. The Morgan fingerprint density at radius 3 is 2.76 bits per heavy atom. The number of nitrogens with zero attached hydrogens (tertiary/aromatic N) is 1. The monoisotopic (exact) mass is 365 g/mol. The maximum atomic E-state index is 12.9. The third kappa shape index (κ3) is 5.23. The van der Waals surface area contributed by atoms with Crippen molar-refractivity contribution in [3.05, 3.63) is 35.9 Å². The van der Waals surface area contributed by atoms with Crippen LogP contribution >= 0.6 is 12.2 Å². The first-order chi connectivity index (χ1) is 12.1. The lowest BCUT2D eigenvalue weighted by atomic mass is 10.0. The SMILES string of the molecule is CCCCC[C@H](O)[C@H](OC)C(=O)N1C(=S)OC[C@@H]1Cc1ccccc1. The predicted octanol–water partition coefficient (Wildman–Crippen LogP) is 2.70. The topological polar surface area (TPSA) is 59.0 Å². The smallest absolute Gasteiger partial charge is 0.266 e. The van der Waals surface area contributed by atoms with Gasteiger partial charge in [-0.2, -0.15) is 0 Å². The van der Waals surface area contributed by atoms with E-state index in [2.05, 4.69) is 6.92 Å². The molecular weight excluding hydrogens is 338 g/mol. The molecule has 138 valence electrons. The molecule has 1 aromatic rings. The van der Waals surface area contributed by atoms with Gasteiger partial charge in [-0.25, -0.2) is 0 Å². The predicted molar refractivity (Wildman–Crippen MR) is 100 cm³/mol. The molecular formula is C19H27NO4S. The number of amides is 1. The van der Waals surface area contributed by atoms with E-state index in [-0.39, 0.29) is 17.1 Å². The number of hydrogen-bond donors (Lipinski definition) is 1. The molecule has 1 aliphatic heterocycles. The van der Waals surface area contributed by atoms with Crippen LogP contribution in [0.3, 0.4) is 0 Å². The number of thiocarbonyl (C=S) groups is 1. The Labute approximate surface area is 154 Å². The van der Waals surface area contributed by atoms with Crippen molar-refractivity contribution in [1.29, 1.82) is 0 Å². The molecule has 1 aromatic carbocycles. The Morgan fingerprint density at radius 1 is 1.40 bits per heavy atom. The highest BCUT2D eigenvalue weighted by Crippen LogP contribution is 2.21. The first-order valence-corrected chi connectivity index (χ1v) is 9.23. The standard InChI is InChI=1S/C19H27NO4S/c1-3-4-6-11-16(21)17(23-2)18(22)20-15(13-24-19(20)25)12-14-9-7-5-8-10-14/h5,7-10,15-17,21H,3-4,6,11-13H2,1-2H3/t15-,16-,17-/m0/s1. The largest absolute Gasteiger partial charge is 0.468 e. The van der Waals surface area contributed by atoms with Gasteiger partial charge in [0, 0.05) is 7.11 Å². The van der Waals surface area contributed by atoms with Crippen molar-refractivity contribution < 1.29 is 19.4 Å². The number of ether oxygens (including phenoxy) is 2. The Hall–Kier alpha value is -1.50. The van der Waals surface area contributed by atoms with Gasteiger partial charge in [-0.1, -0.05) is 56.5 Å². The molecule has 0 saturated carbocycles. The minimum absolute atomic E-state index is 0.161. The molecule has 2 rings (SSSR count). The van der Waals surface area contributed by atoms with Crippen molar-refractivity contribution in [3.63, 3.8) is 0 Å². The highest BCUT2D eigenvalue weighted by molar-refractivity contribution is 7.80. The van der Waals surface area contributed by atoms with Crippen molar-refractivity contribution in [2.24, 2.45) is 0 Å². The van der Waals surface area contributed by atoms with Crippen LogP contribution in [-0.4, -0.2) is 53.1 Å². The summed E-state index contributed by atoms with van der Waals surface area (Å²) in [6.07, 6.45) is 2.35. The molecule has 5 nitrogen and oxygen atoms in total. The minimum Gasteiger partial charge on any atom is -0.468 e. The molecule has 1 heterocycles. The van der Waals surface area contributed by atoms with Crippen LogP contribution in [0.5, 0.6) is 0 Å². The zero-order chi connectivity index (χ0) is 18.2. The van der Waals surface area contributed by atoms with Gasteiger partial charge in [-0.3, -0.25) is 9.69 Å². The molecule has 0 bridgehead atoms. The second-order valence-electron chi connectivity index (χ2n) is 6.35. The van der Waals surface area contributed by atoms with Crippen molar-refractivity contribution in [2.75, 3.05) is 13.7 Å². The highest BCUT2D eigenvalue weighted by Gasteiger charge is 2.40. The molecule has 1 aliphatic rings. The number of benzene rings is 1. The Morgan fingerprint density at radius 2 is 2.12 bits per heavy atom. The molecule has 1 fully saturated rings. The van der Waals surface area contributed by atoms with E-state index in [1.54, 1.807) is 0 Å². The third-order valence-electron chi connectivity index (χ3n) is 4.46. The van der Waals surface area contributed by atoms with Crippen LogP contribution in [-0.2, 0) is 20.7 Å². The van der Waals surface area contributed by atoms with E-state index in [1.165, 1.54) is 12.0 Å². The average molecular weight is 365 g/mol. The highest BCUT2D eigenvalue weighted by atomic mass is 32.1. The van der Waals surface area contributed by atoms with E-state index in [0.29, 0.717) is 19.4 Å². The normalized spacial score (nSPS) is 19.6. The van der Waals surface area contributed by atoms with Crippen molar-refractivity contribution in [2.45, 2.75) is 57.3 Å². The number of carbonyl (C=O) groups is 1. The van der Waals surface area contributed by atoms with Crippen LogP contribution in [0.4, 0.5) is 0 Å². The van der Waals surface area contributed by atoms with Gasteiger partial charge in [-0.15, -0.1) is 0 Å². The van der Waals surface area contributed by atoms with Crippen molar-refractivity contribution in [3.8, 4) is 0 Å². The second-order valence-corrected chi connectivity index (χ2v) is 6.70. The van der Waals surface area contributed by atoms with Crippen molar-refractivity contribution >= 4 is 23.3 Å². The molecule has 1 amide bonds. The number of unbranched alkanes of at least 4 members (excludes halogenated alkanes) is 2. The summed E-state index contributed by atoms with van der Waals surface area (Å²) in [6, 6.07) is 9.73. The van der Waals surface area contributed by atoms with Crippen LogP contribution in [0.15, 0.2) is 30.3 Å². The van der Waals surface area contributed by atoms with Gasteiger partial charge >= 0.3 is 0 Å². The summed E-state index contributed by atoms with van der Waals surface area (Å²) >= 11 is 5.22. The first kappa shape index (κ1) is 19.8. The molecule has 0 aromatic heterocycles. The van der Waals surface area contributed by atoms with Crippen molar-refractivity contribution in [1.82, 2.24) is 4.90 Å². The maximum absolute atomic E-state index is 12.9. The van der Waals surface area contributed by atoms with Crippen LogP contribution in [0.25, 0.3) is 0 Å². The fourth-order valence-corrected chi connectivity index (χ4v) is 3.39. The molecule has 0 aliphatic carbocycles. The second kappa shape index (κ2) is 9.85. The lowest BCUT2D eigenvalue weighted by molar-refractivity contribution is -0.146. The Bertz CT molecular complexity index is 566. The van der Waals surface area contributed by atoms with E-state index in [1.807, 2.05) is 30.3 Å². The van der Waals surface area contributed by atoms with Gasteiger partial charge in [0.2, 0.25) is 0 Å². The number of carbonyl (C=O) groups excluding carboxylic acids is 1. The van der Waals surface area contributed by atoms with Gasteiger partial charge < -0.3 is 14.6 Å². The summed E-state index contributed by atoms with van der Waals surface area (Å²) in [5, 5.41) is 10.5. The van der Waals surface area contributed by atoms with E-state index >= 15 is 0 Å². The lowest BCUT2D eigenvalue weighted by Gasteiger charge is -2.28. The fourth-order valence-electron chi connectivity index (χ4n) is 3.08. The van der Waals surface area contributed by atoms with Crippen LogP contribution in [0.1, 0.15) is 38.2 Å². The number of aliphatic hydroxyl groups excluding tert-OH is 1. The maximum Gasteiger partial charge on any atom is 0.266 e. The molecule has 0 spiro atoms. The third-order valence-corrected chi connectivity index (χ3v) is 4.78. The van der Waals surface area contributed by atoms with E-state index in [0.717, 1.165) is 24.8 Å². The summed E-state index contributed by atoms with van der Waals surface area (Å²) in [5.74, 6) is -0.324. The Kier molecular flexibility index (Phi) is 7.81. The fraction of sp³-hybridized carbons (Fsp3) is 0.579. The van der Waals surface area contributed by atoms with Gasteiger partial charge in [-0.05, 0) is 30.6 Å². The summed E-state index contributed by atoms with van der Waals surface area (Å²) in [7, 11) is 1.44. The first-order valence-electron chi connectivity index (χ1n) is 8.83. The van der Waals surface area contributed by atoms with E-state index in [9.17, 15) is 9.90 Å². The quantitative estimate of drug-likeness (QED) is 0.539. The summed E-state index contributed by atoms with van der Waals surface area (Å²) in [6.45, 7) is 2.46. The molecule has 6 heteroatoms. The van der Waals surface area contributed by atoms with Gasteiger partial charge in [0.1, 0.15) is 6.61 Å². The summed E-state index contributed by atoms with van der Waals surface area (Å²) in [5.41, 5.74) is 1.11. The summed E-state index contributed by atoms with van der Waals surface area (Å²) in [4.78, 5) is 14.4. The molecule has 0 unspecified atom stereocenters. The van der Waals surface area contributed by atoms with E-state index < -0.39 is 12.2 Å². The average Bonchev–Trinajstić information content (AvgIpc) is 2.97. The number of rotatable bonds is 9. The number of aliphatic hydroxyl groups is 1. The van der Waals surface area contributed by atoms with Gasteiger partial charge in [0.15, 0.2) is 6.10 Å². The molecule has 1 saturated heterocycles. The molecule has 1 N–H and O–H groups in total. The zero-order valence-corrected chi connectivity index (χ0v) is 15.7. The van der Waals surface area contributed by atoms with Crippen LogP contribution in [0, 0.1) is 0 Å². The lowest BCUT2D eigenvalue weighted by Crippen LogP contribution is -2.50. The van der Waals surface area contributed by atoms with Gasteiger partial charge in [0.25, 0.3) is 11.1 Å². The minimum atomic E-state index is -0.922. The Balaban J connectivity index is 2.06. The molecule has 3 atom stereocenters. The molecule has 0 radical (unpaired) electrons.